The van der Waals surface area contributed by atoms with Crippen LogP contribution in [0.15, 0.2) is 23.3 Å². The number of aryl methyl sites for hydroxylation is 1. The number of nitrogens with zero attached hydrogens (tertiary/aromatic N) is 2. The van der Waals surface area contributed by atoms with E-state index >= 15 is 0 Å². The van der Waals surface area contributed by atoms with Crippen LogP contribution in [0.2, 0.25) is 0 Å². The molecule has 0 radical (unpaired) electrons. The third-order valence-electron chi connectivity index (χ3n) is 2.87. The monoisotopic (exact) mass is 384 g/mol. The van der Waals surface area contributed by atoms with Crippen LogP contribution in [0.25, 0.3) is 0 Å². The Balaban J connectivity index is 0.00000232. The number of hydrogen-bond donors (Lipinski definition) is 0. The Bertz CT molecular complexity index is 537. The van der Waals surface area contributed by atoms with Crippen molar-refractivity contribution in [3.05, 3.63) is 34.6 Å². The van der Waals surface area contributed by atoms with Crippen LogP contribution in [0.3, 0.4) is 0 Å². The molecule has 1 aromatic rings. The predicted octanol–water partition coefficient (Wildman–Crippen LogP) is 5.80. The minimum absolute atomic E-state index is 0.365. The number of amides is 1. The van der Waals surface area contributed by atoms with Crippen LogP contribution in [0.1, 0.15) is 52.3 Å². The SMILES string of the molecule is C=CCCN(C(=O)OC(C)(C)C)c1c(C)ncc(Br)c1C.CC. The van der Waals surface area contributed by atoms with Gasteiger partial charge in [-0.15, -0.1) is 6.58 Å². The summed E-state index contributed by atoms with van der Waals surface area (Å²) in [5.41, 5.74) is 2.02. The van der Waals surface area contributed by atoms with E-state index in [1.54, 1.807) is 17.2 Å². The van der Waals surface area contributed by atoms with Crippen LogP contribution in [-0.4, -0.2) is 23.2 Å². The van der Waals surface area contributed by atoms with Crippen LogP contribution in [-0.2, 0) is 4.74 Å². The Kier molecular flexibility index (Phi) is 9.13. The summed E-state index contributed by atoms with van der Waals surface area (Å²) in [6.07, 6.45) is 3.85. The standard InChI is InChI=1S/C16H23BrN2O2.C2H6/c1-7-8-9-19(15(20)21-16(4,5)6)14-11(2)13(17)10-18-12(14)3;1-2/h7,10H,1,8-9H2,2-6H3;1-2H3. The zero-order chi connectivity index (χ0) is 18.2. The molecule has 0 aliphatic rings. The fraction of sp³-hybridized carbons (Fsp3) is 0.556. The highest BCUT2D eigenvalue weighted by Gasteiger charge is 2.26. The maximum atomic E-state index is 12.5. The summed E-state index contributed by atoms with van der Waals surface area (Å²) in [5, 5.41) is 0. The smallest absolute Gasteiger partial charge is 0.414 e. The molecule has 0 unspecified atom stereocenters. The molecule has 0 N–H and O–H groups in total. The Morgan fingerprint density at radius 1 is 1.39 bits per heavy atom. The third-order valence-corrected chi connectivity index (χ3v) is 3.67. The lowest BCUT2D eigenvalue weighted by Crippen LogP contribution is -2.38. The number of pyridine rings is 1. The molecule has 0 aromatic carbocycles. The molecule has 0 spiro atoms. The van der Waals surface area contributed by atoms with Crippen molar-refractivity contribution in [3.8, 4) is 0 Å². The first-order valence-corrected chi connectivity index (χ1v) is 8.69. The highest BCUT2D eigenvalue weighted by atomic mass is 79.9. The summed E-state index contributed by atoms with van der Waals surface area (Å²) in [6, 6.07) is 0. The second kappa shape index (κ2) is 9.71. The van der Waals surface area contributed by atoms with Crippen molar-refractivity contribution in [2.75, 3.05) is 11.4 Å². The van der Waals surface area contributed by atoms with Crippen molar-refractivity contribution in [3.63, 3.8) is 0 Å². The van der Waals surface area contributed by atoms with Crippen molar-refractivity contribution >= 4 is 27.7 Å². The number of aromatic nitrogens is 1. The summed E-state index contributed by atoms with van der Waals surface area (Å²) >= 11 is 3.47. The van der Waals surface area contributed by atoms with E-state index in [0.717, 1.165) is 21.4 Å². The molecule has 1 heterocycles. The zero-order valence-corrected chi connectivity index (χ0v) is 17.0. The van der Waals surface area contributed by atoms with E-state index in [1.807, 2.05) is 48.5 Å². The van der Waals surface area contributed by atoms with Crippen LogP contribution < -0.4 is 4.90 Å². The van der Waals surface area contributed by atoms with Gasteiger partial charge in [-0.25, -0.2) is 4.79 Å². The summed E-state index contributed by atoms with van der Waals surface area (Å²) in [7, 11) is 0. The van der Waals surface area contributed by atoms with E-state index in [4.69, 9.17) is 4.74 Å². The van der Waals surface area contributed by atoms with Gasteiger partial charge in [0.25, 0.3) is 0 Å². The van der Waals surface area contributed by atoms with Crippen LogP contribution >= 0.6 is 15.9 Å². The maximum Gasteiger partial charge on any atom is 0.414 e. The number of carbonyl (C=O) groups excluding carboxylic acids is 1. The van der Waals surface area contributed by atoms with E-state index in [9.17, 15) is 4.79 Å². The second-order valence-corrected chi connectivity index (χ2v) is 6.73. The van der Waals surface area contributed by atoms with Gasteiger partial charge < -0.3 is 4.74 Å². The molecule has 0 aliphatic heterocycles. The van der Waals surface area contributed by atoms with Crippen molar-refractivity contribution in [2.45, 2.75) is 60.5 Å². The van der Waals surface area contributed by atoms with E-state index in [-0.39, 0.29) is 6.09 Å². The molecule has 0 fully saturated rings. The average molecular weight is 385 g/mol. The Morgan fingerprint density at radius 3 is 2.43 bits per heavy atom. The molecule has 130 valence electrons. The van der Waals surface area contributed by atoms with Crippen molar-refractivity contribution < 1.29 is 9.53 Å². The molecule has 23 heavy (non-hydrogen) atoms. The quantitative estimate of drug-likeness (QED) is 0.615. The fourth-order valence-electron chi connectivity index (χ4n) is 1.93. The van der Waals surface area contributed by atoms with E-state index in [1.165, 1.54) is 0 Å². The van der Waals surface area contributed by atoms with Crippen LogP contribution in [0, 0.1) is 13.8 Å². The molecule has 4 nitrogen and oxygen atoms in total. The zero-order valence-electron chi connectivity index (χ0n) is 15.4. The first-order valence-electron chi connectivity index (χ1n) is 7.90. The minimum atomic E-state index is -0.537. The van der Waals surface area contributed by atoms with Gasteiger partial charge >= 0.3 is 6.09 Å². The Labute approximate surface area is 149 Å². The van der Waals surface area contributed by atoms with Gasteiger partial charge in [0.1, 0.15) is 5.60 Å². The highest BCUT2D eigenvalue weighted by Crippen LogP contribution is 2.30. The summed E-state index contributed by atoms with van der Waals surface area (Å²) in [5.74, 6) is 0. The fourth-order valence-corrected chi connectivity index (χ4v) is 2.22. The molecule has 1 amide bonds. The Hall–Kier alpha value is -1.36. The van der Waals surface area contributed by atoms with Gasteiger partial charge in [-0.05, 0) is 62.5 Å². The lowest BCUT2D eigenvalue weighted by Gasteiger charge is -2.29. The predicted molar refractivity (Wildman–Crippen MR) is 101 cm³/mol. The number of rotatable bonds is 4. The largest absolute Gasteiger partial charge is 0.443 e. The van der Waals surface area contributed by atoms with Gasteiger partial charge in [-0.1, -0.05) is 19.9 Å². The molecule has 0 saturated carbocycles. The van der Waals surface area contributed by atoms with Crippen molar-refractivity contribution in [2.24, 2.45) is 0 Å². The third kappa shape index (κ3) is 6.73. The molecular formula is C18H29BrN2O2. The molecule has 5 heteroatoms. The number of halogens is 1. The lowest BCUT2D eigenvalue weighted by atomic mass is 10.1. The molecule has 0 saturated heterocycles. The number of carbonyl (C=O) groups is 1. The van der Waals surface area contributed by atoms with Gasteiger partial charge in [0, 0.05) is 17.2 Å². The van der Waals surface area contributed by atoms with Gasteiger partial charge in [-0.3, -0.25) is 9.88 Å². The average Bonchev–Trinajstić information content (AvgIpc) is 2.47. The summed E-state index contributed by atoms with van der Waals surface area (Å²) in [6.45, 7) is 17.6. The normalized spacial score (nSPS) is 10.4. The molecule has 0 atom stereocenters. The topological polar surface area (TPSA) is 42.4 Å². The molecule has 0 aliphatic carbocycles. The molecule has 1 aromatic heterocycles. The number of anilines is 1. The van der Waals surface area contributed by atoms with Crippen molar-refractivity contribution in [1.82, 2.24) is 4.98 Å². The first-order chi connectivity index (χ1) is 10.7. The van der Waals surface area contributed by atoms with Gasteiger partial charge in [0.15, 0.2) is 0 Å². The van der Waals surface area contributed by atoms with Gasteiger partial charge in [0.2, 0.25) is 0 Å². The van der Waals surface area contributed by atoms with Crippen LogP contribution in [0.5, 0.6) is 0 Å². The molecule has 0 bridgehead atoms. The highest BCUT2D eigenvalue weighted by molar-refractivity contribution is 9.10. The van der Waals surface area contributed by atoms with Gasteiger partial charge in [-0.2, -0.15) is 0 Å². The maximum absolute atomic E-state index is 12.5. The molecular weight excluding hydrogens is 356 g/mol. The number of hydrogen-bond acceptors (Lipinski definition) is 3. The lowest BCUT2D eigenvalue weighted by molar-refractivity contribution is 0.0580. The molecule has 1 rings (SSSR count). The first kappa shape index (κ1) is 21.6. The number of ether oxygens (including phenoxy) is 1. The second-order valence-electron chi connectivity index (χ2n) is 5.87. The van der Waals surface area contributed by atoms with E-state index in [2.05, 4.69) is 27.5 Å². The van der Waals surface area contributed by atoms with Gasteiger partial charge in [0.05, 0.1) is 11.4 Å². The minimum Gasteiger partial charge on any atom is -0.443 e. The van der Waals surface area contributed by atoms with E-state index in [0.29, 0.717) is 13.0 Å². The summed E-state index contributed by atoms with van der Waals surface area (Å²) < 4.78 is 6.38. The Morgan fingerprint density at radius 2 is 1.96 bits per heavy atom. The van der Waals surface area contributed by atoms with E-state index < -0.39 is 5.60 Å². The van der Waals surface area contributed by atoms with Crippen LogP contribution in [0.4, 0.5) is 10.5 Å². The van der Waals surface area contributed by atoms with Crippen molar-refractivity contribution in [1.29, 1.82) is 0 Å². The summed E-state index contributed by atoms with van der Waals surface area (Å²) in [4.78, 5) is 18.5.